The SMILES string of the molecule is N#CCc1cc(NN2CCOCC2)ccc1N. The lowest BCUT2D eigenvalue weighted by atomic mass is 10.1. The zero-order valence-corrected chi connectivity index (χ0v) is 9.65. The Hall–Kier alpha value is -1.77. The van der Waals surface area contributed by atoms with Gasteiger partial charge in [-0.1, -0.05) is 0 Å². The molecule has 1 aromatic carbocycles. The molecule has 1 aliphatic rings. The van der Waals surface area contributed by atoms with Gasteiger partial charge in [0.05, 0.1) is 25.7 Å². The van der Waals surface area contributed by atoms with Crippen molar-refractivity contribution < 1.29 is 4.74 Å². The van der Waals surface area contributed by atoms with Crippen LogP contribution in [0.2, 0.25) is 0 Å². The third-order valence-electron chi connectivity index (χ3n) is 2.71. The Kier molecular flexibility index (Phi) is 3.81. The molecule has 90 valence electrons. The fraction of sp³-hybridized carbons (Fsp3) is 0.417. The number of benzene rings is 1. The van der Waals surface area contributed by atoms with Crippen LogP contribution in [0.5, 0.6) is 0 Å². The van der Waals surface area contributed by atoms with Crippen molar-refractivity contribution in [3.8, 4) is 6.07 Å². The van der Waals surface area contributed by atoms with E-state index in [4.69, 9.17) is 15.7 Å². The van der Waals surface area contributed by atoms with E-state index in [2.05, 4.69) is 16.5 Å². The van der Waals surface area contributed by atoms with E-state index in [0.29, 0.717) is 12.1 Å². The van der Waals surface area contributed by atoms with Gasteiger partial charge in [0.2, 0.25) is 0 Å². The van der Waals surface area contributed by atoms with Crippen molar-refractivity contribution >= 4 is 11.4 Å². The van der Waals surface area contributed by atoms with Crippen LogP contribution < -0.4 is 11.2 Å². The second-order valence-electron chi connectivity index (χ2n) is 3.96. The molecule has 17 heavy (non-hydrogen) atoms. The molecule has 0 atom stereocenters. The number of rotatable bonds is 3. The van der Waals surface area contributed by atoms with Gasteiger partial charge < -0.3 is 15.9 Å². The summed E-state index contributed by atoms with van der Waals surface area (Å²) >= 11 is 0. The van der Waals surface area contributed by atoms with Gasteiger partial charge in [-0.15, -0.1) is 0 Å². The zero-order chi connectivity index (χ0) is 12.1. The zero-order valence-electron chi connectivity index (χ0n) is 9.65. The number of nitrogens with two attached hydrogens (primary N) is 1. The largest absolute Gasteiger partial charge is 0.398 e. The molecular formula is C12H16N4O. The number of ether oxygens (including phenoxy) is 1. The van der Waals surface area contributed by atoms with Crippen molar-refractivity contribution in [2.45, 2.75) is 6.42 Å². The van der Waals surface area contributed by atoms with E-state index in [1.807, 2.05) is 18.2 Å². The maximum atomic E-state index is 8.70. The standard InChI is InChI=1S/C12H16N4O/c13-4-3-10-9-11(1-2-12(10)14)15-16-5-7-17-8-6-16/h1-2,9,15H,3,5-8,14H2. The molecule has 0 aromatic heterocycles. The molecule has 1 saturated heterocycles. The lowest BCUT2D eigenvalue weighted by Crippen LogP contribution is -2.40. The highest BCUT2D eigenvalue weighted by atomic mass is 16.5. The molecule has 1 heterocycles. The smallest absolute Gasteiger partial charge is 0.0670 e. The number of anilines is 2. The van der Waals surface area contributed by atoms with Crippen molar-refractivity contribution in [3.63, 3.8) is 0 Å². The Morgan fingerprint density at radius 3 is 2.88 bits per heavy atom. The van der Waals surface area contributed by atoms with Crippen LogP contribution in [0.1, 0.15) is 5.56 Å². The molecule has 0 spiro atoms. The van der Waals surface area contributed by atoms with Crippen LogP contribution in [0.15, 0.2) is 18.2 Å². The average molecular weight is 232 g/mol. The Bertz CT molecular complexity index is 421. The molecule has 0 amide bonds. The first kappa shape index (κ1) is 11.7. The van der Waals surface area contributed by atoms with Crippen molar-refractivity contribution in [3.05, 3.63) is 23.8 Å². The minimum atomic E-state index is 0.338. The lowest BCUT2D eigenvalue weighted by Gasteiger charge is -2.28. The van der Waals surface area contributed by atoms with E-state index in [-0.39, 0.29) is 0 Å². The van der Waals surface area contributed by atoms with Crippen LogP contribution in [0.3, 0.4) is 0 Å². The lowest BCUT2D eigenvalue weighted by molar-refractivity contribution is 0.0497. The fourth-order valence-electron chi connectivity index (χ4n) is 1.77. The first-order valence-electron chi connectivity index (χ1n) is 5.64. The number of hydrogen-bond donors (Lipinski definition) is 2. The van der Waals surface area contributed by atoms with Crippen LogP contribution >= 0.6 is 0 Å². The number of morpholine rings is 1. The van der Waals surface area contributed by atoms with Gasteiger partial charge >= 0.3 is 0 Å². The molecule has 5 nitrogen and oxygen atoms in total. The van der Waals surface area contributed by atoms with E-state index in [1.54, 1.807) is 0 Å². The highest BCUT2D eigenvalue weighted by molar-refractivity contribution is 5.57. The Balaban J connectivity index is 2.05. The Morgan fingerprint density at radius 1 is 1.41 bits per heavy atom. The normalized spacial score (nSPS) is 16.4. The summed E-state index contributed by atoms with van der Waals surface area (Å²) in [5.74, 6) is 0. The molecule has 3 N–H and O–H groups in total. The molecule has 5 heteroatoms. The number of nitrogen functional groups attached to an aromatic ring is 1. The molecule has 0 aliphatic carbocycles. The first-order chi connectivity index (χ1) is 8.29. The predicted molar refractivity (Wildman–Crippen MR) is 66.2 cm³/mol. The highest BCUT2D eigenvalue weighted by Gasteiger charge is 2.10. The van der Waals surface area contributed by atoms with E-state index >= 15 is 0 Å². The van der Waals surface area contributed by atoms with Crippen molar-refractivity contribution in [1.82, 2.24) is 5.01 Å². The van der Waals surface area contributed by atoms with Crippen LogP contribution in [-0.4, -0.2) is 31.3 Å². The van der Waals surface area contributed by atoms with Gasteiger partial charge in [0, 0.05) is 24.5 Å². The molecular weight excluding hydrogens is 216 g/mol. The maximum Gasteiger partial charge on any atom is 0.0670 e. The quantitative estimate of drug-likeness (QED) is 0.760. The fourth-order valence-corrected chi connectivity index (χ4v) is 1.77. The van der Waals surface area contributed by atoms with Gasteiger partial charge in [0.15, 0.2) is 0 Å². The third kappa shape index (κ3) is 3.09. The topological polar surface area (TPSA) is 74.3 Å². The first-order valence-corrected chi connectivity index (χ1v) is 5.64. The minimum Gasteiger partial charge on any atom is -0.398 e. The second-order valence-corrected chi connectivity index (χ2v) is 3.96. The van der Waals surface area contributed by atoms with Crippen LogP contribution in [-0.2, 0) is 11.2 Å². The summed E-state index contributed by atoms with van der Waals surface area (Å²) in [6.07, 6.45) is 0.338. The van der Waals surface area contributed by atoms with Gasteiger partial charge in [-0.2, -0.15) is 5.26 Å². The Labute approximate surface area is 101 Å². The van der Waals surface area contributed by atoms with Gasteiger partial charge in [0.1, 0.15) is 0 Å². The molecule has 1 aromatic rings. The predicted octanol–water partition coefficient (Wildman–Crippen LogP) is 0.994. The number of nitrogens with zero attached hydrogens (tertiary/aromatic N) is 2. The number of nitrogens with one attached hydrogen (secondary N) is 1. The average Bonchev–Trinajstić information content (AvgIpc) is 2.35. The molecule has 2 rings (SSSR count). The second kappa shape index (κ2) is 5.53. The summed E-state index contributed by atoms with van der Waals surface area (Å²) < 4.78 is 5.27. The number of hydrogen-bond acceptors (Lipinski definition) is 5. The summed E-state index contributed by atoms with van der Waals surface area (Å²) in [5, 5.41) is 10.8. The van der Waals surface area contributed by atoms with Crippen molar-refractivity contribution in [1.29, 1.82) is 5.26 Å². The maximum absolute atomic E-state index is 8.70. The molecule has 0 radical (unpaired) electrons. The van der Waals surface area contributed by atoms with Crippen LogP contribution in [0.25, 0.3) is 0 Å². The van der Waals surface area contributed by atoms with Crippen molar-refractivity contribution in [2.75, 3.05) is 37.5 Å². The third-order valence-corrected chi connectivity index (χ3v) is 2.71. The monoisotopic (exact) mass is 232 g/mol. The van der Waals surface area contributed by atoms with Crippen LogP contribution in [0, 0.1) is 11.3 Å². The Morgan fingerprint density at radius 2 is 2.18 bits per heavy atom. The van der Waals surface area contributed by atoms with E-state index < -0.39 is 0 Å². The molecule has 0 unspecified atom stereocenters. The van der Waals surface area contributed by atoms with Crippen molar-refractivity contribution in [2.24, 2.45) is 0 Å². The minimum absolute atomic E-state index is 0.338. The number of hydrazine groups is 1. The molecule has 0 bridgehead atoms. The van der Waals surface area contributed by atoms with E-state index in [0.717, 1.165) is 37.6 Å². The molecule has 1 aliphatic heterocycles. The van der Waals surface area contributed by atoms with E-state index in [1.165, 1.54) is 0 Å². The molecule has 1 fully saturated rings. The van der Waals surface area contributed by atoms with Crippen LogP contribution in [0.4, 0.5) is 11.4 Å². The van der Waals surface area contributed by atoms with Gasteiger partial charge in [0.25, 0.3) is 0 Å². The van der Waals surface area contributed by atoms with Gasteiger partial charge in [-0.05, 0) is 23.8 Å². The summed E-state index contributed by atoms with van der Waals surface area (Å²) in [6.45, 7) is 3.20. The summed E-state index contributed by atoms with van der Waals surface area (Å²) in [7, 11) is 0. The van der Waals surface area contributed by atoms with Gasteiger partial charge in [-0.25, -0.2) is 5.01 Å². The molecule has 0 saturated carbocycles. The summed E-state index contributed by atoms with van der Waals surface area (Å²) in [5.41, 5.74) is 11.6. The van der Waals surface area contributed by atoms with E-state index in [9.17, 15) is 0 Å². The summed E-state index contributed by atoms with van der Waals surface area (Å²) in [4.78, 5) is 0. The number of nitriles is 1. The highest BCUT2D eigenvalue weighted by Crippen LogP contribution is 2.19. The summed E-state index contributed by atoms with van der Waals surface area (Å²) in [6, 6.07) is 7.79. The van der Waals surface area contributed by atoms with Gasteiger partial charge in [-0.3, -0.25) is 0 Å².